The van der Waals surface area contributed by atoms with Crippen LogP contribution in [0.3, 0.4) is 0 Å². The molecule has 27 heavy (non-hydrogen) atoms. The van der Waals surface area contributed by atoms with Crippen LogP contribution in [0.15, 0.2) is 45.4 Å². The van der Waals surface area contributed by atoms with Crippen LogP contribution in [0.4, 0.5) is 5.00 Å². The number of benzene rings is 1. The fourth-order valence-electron chi connectivity index (χ4n) is 2.86. The van der Waals surface area contributed by atoms with Crippen LogP contribution in [0.5, 0.6) is 0 Å². The summed E-state index contributed by atoms with van der Waals surface area (Å²) < 4.78 is 26.1. The highest BCUT2D eigenvalue weighted by Crippen LogP contribution is 2.41. The van der Waals surface area contributed by atoms with Gasteiger partial charge in [-0.2, -0.15) is 9.78 Å². The first-order chi connectivity index (χ1) is 12.8. The number of sulfone groups is 1. The summed E-state index contributed by atoms with van der Waals surface area (Å²) in [5, 5.41) is 15.7. The predicted octanol–water partition coefficient (Wildman–Crippen LogP) is 2.85. The first-order valence-electron chi connectivity index (χ1n) is 7.67. The Hall–Kier alpha value is -2.56. The van der Waals surface area contributed by atoms with E-state index in [1.54, 1.807) is 24.3 Å². The van der Waals surface area contributed by atoms with Gasteiger partial charge in [0, 0.05) is 22.7 Å². The van der Waals surface area contributed by atoms with E-state index in [0.717, 1.165) is 4.68 Å². The second-order valence-electron chi connectivity index (χ2n) is 5.86. The average molecular weight is 424 g/mol. The first kappa shape index (κ1) is 17.8. The Morgan fingerprint density at radius 3 is 2.59 bits per heavy atom. The van der Waals surface area contributed by atoms with Crippen molar-refractivity contribution in [2.24, 2.45) is 0 Å². The maximum absolute atomic E-state index is 12.5. The van der Waals surface area contributed by atoms with E-state index >= 15 is 0 Å². The molecule has 1 aliphatic heterocycles. The Bertz CT molecular complexity index is 1250. The maximum atomic E-state index is 12.5. The number of thiophene rings is 1. The molecule has 0 saturated carbocycles. The third kappa shape index (κ3) is 3.05. The molecule has 3 heterocycles. The van der Waals surface area contributed by atoms with Gasteiger partial charge >= 0.3 is 5.00 Å². The minimum atomic E-state index is -3.71. The molecule has 3 aromatic rings. The van der Waals surface area contributed by atoms with Crippen molar-refractivity contribution in [1.82, 2.24) is 9.78 Å². The molecule has 0 unspecified atom stereocenters. The van der Waals surface area contributed by atoms with Crippen molar-refractivity contribution in [1.29, 1.82) is 0 Å². The van der Waals surface area contributed by atoms with Gasteiger partial charge in [0.2, 0.25) is 0 Å². The fourth-order valence-corrected chi connectivity index (χ4v) is 5.87. The lowest BCUT2D eigenvalue weighted by atomic mass is 10.1. The molecule has 8 nitrogen and oxygen atoms in total. The molecule has 2 aromatic heterocycles. The van der Waals surface area contributed by atoms with Crippen LogP contribution in [-0.4, -0.2) is 28.9 Å². The maximum Gasteiger partial charge on any atom is 0.326 e. The Balaban J connectivity index is 2.00. The van der Waals surface area contributed by atoms with Gasteiger partial charge in [0.25, 0.3) is 5.56 Å². The van der Waals surface area contributed by atoms with Crippen molar-refractivity contribution in [2.75, 3.05) is 5.75 Å². The summed E-state index contributed by atoms with van der Waals surface area (Å²) in [7, 11) is -3.71. The number of nitrogens with zero attached hydrogens (tertiary/aromatic N) is 3. The van der Waals surface area contributed by atoms with Crippen LogP contribution in [0.1, 0.15) is 5.56 Å². The van der Waals surface area contributed by atoms with Gasteiger partial charge in [-0.1, -0.05) is 22.9 Å². The number of hydrogen-bond acceptors (Lipinski definition) is 7. The second-order valence-corrected chi connectivity index (χ2v) is 9.63. The minimum absolute atomic E-state index is 0.0956. The SMILES string of the molecule is O=c1cc2c(nn1-c1ccc(Cl)cc1)-c1cc([N+](=O)[O-])sc1S(=O)(=O)CC2. The van der Waals surface area contributed by atoms with Gasteiger partial charge in [-0.3, -0.25) is 14.9 Å². The highest BCUT2D eigenvalue weighted by Gasteiger charge is 2.32. The lowest BCUT2D eigenvalue weighted by molar-refractivity contribution is -0.380. The van der Waals surface area contributed by atoms with Crippen LogP contribution in [0.25, 0.3) is 16.9 Å². The Morgan fingerprint density at radius 2 is 1.93 bits per heavy atom. The van der Waals surface area contributed by atoms with Gasteiger partial charge in [-0.15, -0.1) is 0 Å². The largest absolute Gasteiger partial charge is 0.326 e. The van der Waals surface area contributed by atoms with E-state index in [0.29, 0.717) is 27.6 Å². The van der Waals surface area contributed by atoms with Crippen molar-refractivity contribution in [3.05, 3.63) is 67.5 Å². The van der Waals surface area contributed by atoms with E-state index in [-0.39, 0.29) is 32.6 Å². The normalized spacial score (nSPS) is 14.9. The predicted molar refractivity (Wildman–Crippen MR) is 101 cm³/mol. The number of fused-ring (bicyclic) bond motifs is 3. The monoisotopic (exact) mass is 423 g/mol. The molecule has 0 aliphatic carbocycles. The standard InChI is InChI=1S/C16H10ClN3O5S2/c17-10-1-3-11(4-2-10)19-13(21)7-9-5-6-27(24,25)16-12(15(9)18-19)8-14(26-16)20(22)23/h1-4,7-8H,5-6H2. The molecule has 138 valence electrons. The first-order valence-corrected chi connectivity index (χ1v) is 10.5. The lowest BCUT2D eigenvalue weighted by Gasteiger charge is -2.09. The molecule has 0 bridgehead atoms. The van der Waals surface area contributed by atoms with E-state index in [1.165, 1.54) is 12.1 Å². The average Bonchev–Trinajstić information content (AvgIpc) is 3.04. The van der Waals surface area contributed by atoms with Crippen LogP contribution in [-0.2, 0) is 16.3 Å². The summed E-state index contributed by atoms with van der Waals surface area (Å²) in [5.74, 6) is -0.239. The molecule has 0 spiro atoms. The third-order valence-electron chi connectivity index (χ3n) is 4.12. The van der Waals surface area contributed by atoms with Gasteiger partial charge in [0.1, 0.15) is 4.21 Å². The fraction of sp³-hybridized carbons (Fsp3) is 0.125. The van der Waals surface area contributed by atoms with Crippen LogP contribution >= 0.6 is 22.9 Å². The van der Waals surface area contributed by atoms with Gasteiger partial charge in [0.05, 0.1) is 22.1 Å². The van der Waals surface area contributed by atoms with Crippen molar-refractivity contribution < 1.29 is 13.3 Å². The molecule has 4 rings (SSSR count). The van der Waals surface area contributed by atoms with Gasteiger partial charge < -0.3 is 0 Å². The molecule has 0 radical (unpaired) electrons. The van der Waals surface area contributed by atoms with Gasteiger partial charge in [-0.05, 0) is 36.2 Å². The van der Waals surface area contributed by atoms with Crippen LogP contribution in [0.2, 0.25) is 5.02 Å². The number of nitro groups is 1. The summed E-state index contributed by atoms with van der Waals surface area (Å²) in [6.45, 7) is 0. The van der Waals surface area contributed by atoms with Gasteiger partial charge in [-0.25, -0.2) is 8.42 Å². The number of aryl methyl sites for hydroxylation is 1. The van der Waals surface area contributed by atoms with Crippen molar-refractivity contribution in [3.8, 4) is 16.9 Å². The molecule has 1 aliphatic rings. The van der Waals surface area contributed by atoms with Gasteiger partial charge in [0.15, 0.2) is 9.84 Å². The third-order valence-corrected chi connectivity index (χ3v) is 7.80. The zero-order valence-corrected chi connectivity index (χ0v) is 15.8. The van der Waals surface area contributed by atoms with E-state index in [9.17, 15) is 23.3 Å². The topological polar surface area (TPSA) is 112 Å². The number of halogens is 1. The summed E-state index contributed by atoms with van der Waals surface area (Å²) in [5.41, 5.74) is 0.874. The van der Waals surface area contributed by atoms with E-state index in [1.807, 2.05) is 0 Å². The molecular formula is C16H10ClN3O5S2. The number of aromatic nitrogens is 2. The molecular weight excluding hydrogens is 414 g/mol. The van der Waals surface area contributed by atoms with E-state index < -0.39 is 20.3 Å². The summed E-state index contributed by atoms with van der Waals surface area (Å²) >= 11 is 6.47. The molecule has 0 atom stereocenters. The van der Waals surface area contributed by atoms with E-state index in [4.69, 9.17) is 11.6 Å². The highest BCUT2D eigenvalue weighted by atomic mass is 35.5. The number of hydrogen-bond donors (Lipinski definition) is 0. The zero-order chi connectivity index (χ0) is 19.3. The second kappa shape index (κ2) is 6.25. The quantitative estimate of drug-likeness (QED) is 0.462. The Labute approximate surface area is 161 Å². The van der Waals surface area contributed by atoms with Crippen LogP contribution in [0, 0.1) is 10.1 Å². The molecule has 0 saturated heterocycles. The van der Waals surface area contributed by atoms with Crippen molar-refractivity contribution >= 4 is 37.8 Å². The molecule has 11 heteroatoms. The molecule has 1 aromatic carbocycles. The Kier molecular flexibility index (Phi) is 4.13. The highest BCUT2D eigenvalue weighted by molar-refractivity contribution is 7.93. The molecule has 0 fully saturated rings. The summed E-state index contributed by atoms with van der Waals surface area (Å²) in [4.78, 5) is 23.0. The summed E-state index contributed by atoms with van der Waals surface area (Å²) in [6.07, 6.45) is 0.108. The zero-order valence-electron chi connectivity index (χ0n) is 13.5. The number of rotatable bonds is 2. The van der Waals surface area contributed by atoms with Crippen LogP contribution < -0.4 is 5.56 Å². The smallest absolute Gasteiger partial charge is 0.267 e. The lowest BCUT2D eigenvalue weighted by Crippen LogP contribution is -2.22. The molecule has 0 N–H and O–H groups in total. The van der Waals surface area contributed by atoms with E-state index in [2.05, 4.69) is 5.10 Å². The van der Waals surface area contributed by atoms with Crippen molar-refractivity contribution in [2.45, 2.75) is 10.6 Å². The Morgan fingerprint density at radius 1 is 1.22 bits per heavy atom. The minimum Gasteiger partial charge on any atom is -0.267 e. The van der Waals surface area contributed by atoms with Crippen molar-refractivity contribution in [3.63, 3.8) is 0 Å². The summed E-state index contributed by atoms with van der Waals surface area (Å²) in [6, 6.07) is 8.93. The molecule has 0 amide bonds.